The number of aromatic nitrogens is 4. The fourth-order valence-corrected chi connectivity index (χ4v) is 4.06. The number of rotatable bonds is 6. The van der Waals surface area contributed by atoms with Gasteiger partial charge in [0.15, 0.2) is 22.1 Å². The molecule has 29 heavy (non-hydrogen) atoms. The van der Waals surface area contributed by atoms with Crippen LogP contribution in [0.5, 0.6) is 5.75 Å². The van der Waals surface area contributed by atoms with Crippen LogP contribution in [0.3, 0.4) is 0 Å². The Morgan fingerprint density at radius 1 is 1.14 bits per heavy atom. The molecule has 0 amide bonds. The first-order valence-electron chi connectivity index (χ1n) is 9.65. The van der Waals surface area contributed by atoms with Gasteiger partial charge in [-0.25, -0.2) is 15.0 Å². The number of allylic oxidation sites excluding steroid dienone is 1. The first-order chi connectivity index (χ1) is 14.2. The van der Waals surface area contributed by atoms with E-state index in [-0.39, 0.29) is 0 Å². The second kappa shape index (κ2) is 8.84. The Labute approximate surface area is 174 Å². The zero-order valence-corrected chi connectivity index (χ0v) is 17.8. The number of hydrogen-bond donors (Lipinski definition) is 0. The Morgan fingerprint density at radius 3 is 2.59 bits per heavy atom. The van der Waals surface area contributed by atoms with Crippen molar-refractivity contribution < 1.29 is 9.47 Å². The molecule has 3 heterocycles. The molecule has 8 heteroatoms. The third kappa shape index (κ3) is 4.23. The number of ether oxygens (including phenoxy) is 2. The molecule has 4 rings (SSSR count). The molecule has 0 aliphatic carbocycles. The highest BCUT2D eigenvalue weighted by molar-refractivity contribution is 7.98. The number of fused-ring (bicyclic) bond motifs is 1. The zero-order chi connectivity index (χ0) is 20.2. The summed E-state index contributed by atoms with van der Waals surface area (Å²) in [7, 11) is 3.68. The van der Waals surface area contributed by atoms with Crippen LogP contribution in [0.25, 0.3) is 17.2 Å². The highest BCUT2D eigenvalue weighted by Gasteiger charge is 2.21. The van der Waals surface area contributed by atoms with Gasteiger partial charge in [-0.3, -0.25) is 0 Å². The van der Waals surface area contributed by atoms with Gasteiger partial charge in [0.25, 0.3) is 0 Å². The molecule has 0 bridgehead atoms. The van der Waals surface area contributed by atoms with E-state index in [1.165, 1.54) is 5.56 Å². The van der Waals surface area contributed by atoms with E-state index in [2.05, 4.69) is 17.0 Å². The highest BCUT2D eigenvalue weighted by Crippen LogP contribution is 2.29. The third-order valence-electron chi connectivity index (χ3n) is 4.87. The summed E-state index contributed by atoms with van der Waals surface area (Å²) in [5.41, 5.74) is 2.90. The van der Waals surface area contributed by atoms with Crippen LogP contribution in [-0.4, -0.2) is 52.9 Å². The van der Waals surface area contributed by atoms with Gasteiger partial charge in [-0.15, -0.1) is 0 Å². The van der Waals surface area contributed by atoms with E-state index < -0.39 is 0 Å². The maximum absolute atomic E-state index is 5.52. The van der Waals surface area contributed by atoms with E-state index in [0.717, 1.165) is 52.6 Å². The van der Waals surface area contributed by atoms with Crippen LogP contribution in [0.15, 0.2) is 35.5 Å². The van der Waals surface area contributed by atoms with Crippen molar-refractivity contribution in [2.45, 2.75) is 17.8 Å². The second-order valence-corrected chi connectivity index (χ2v) is 7.71. The molecule has 0 saturated carbocycles. The Morgan fingerprint density at radius 2 is 1.90 bits per heavy atom. The number of anilines is 1. The van der Waals surface area contributed by atoms with Crippen LogP contribution in [0, 0.1) is 0 Å². The SMILES string of the molecule is C/C=C\c1nc2c(N3CCOCC3)nc(SCc3ccc(OC)cc3)nc2n1C. The molecule has 3 aromatic rings. The number of nitrogens with zero attached hydrogens (tertiary/aromatic N) is 5. The molecule has 152 valence electrons. The highest BCUT2D eigenvalue weighted by atomic mass is 32.2. The van der Waals surface area contributed by atoms with Gasteiger partial charge in [-0.05, 0) is 30.7 Å². The number of benzene rings is 1. The van der Waals surface area contributed by atoms with Crippen molar-refractivity contribution in [1.82, 2.24) is 19.5 Å². The lowest BCUT2D eigenvalue weighted by atomic mass is 10.2. The van der Waals surface area contributed by atoms with Gasteiger partial charge >= 0.3 is 0 Å². The number of hydrogen-bond acceptors (Lipinski definition) is 7. The van der Waals surface area contributed by atoms with Crippen molar-refractivity contribution in [2.24, 2.45) is 7.05 Å². The predicted octanol–water partition coefficient (Wildman–Crippen LogP) is 3.53. The van der Waals surface area contributed by atoms with E-state index in [4.69, 9.17) is 24.4 Å². The molecule has 0 N–H and O–H groups in total. The molecule has 1 aromatic carbocycles. The summed E-state index contributed by atoms with van der Waals surface area (Å²) < 4.78 is 12.8. The average molecular weight is 412 g/mol. The van der Waals surface area contributed by atoms with Gasteiger partial charge in [-0.1, -0.05) is 30.0 Å². The summed E-state index contributed by atoms with van der Waals surface area (Å²) in [6.45, 7) is 5.02. The summed E-state index contributed by atoms with van der Waals surface area (Å²) in [5.74, 6) is 3.42. The van der Waals surface area contributed by atoms with Crippen molar-refractivity contribution >= 4 is 34.8 Å². The predicted molar refractivity (Wildman–Crippen MR) is 117 cm³/mol. The number of thioether (sulfide) groups is 1. The smallest absolute Gasteiger partial charge is 0.191 e. The lowest BCUT2D eigenvalue weighted by Crippen LogP contribution is -2.37. The monoisotopic (exact) mass is 411 g/mol. The van der Waals surface area contributed by atoms with E-state index in [0.29, 0.717) is 13.2 Å². The molecule has 1 fully saturated rings. The lowest BCUT2D eigenvalue weighted by molar-refractivity contribution is 0.122. The summed E-state index contributed by atoms with van der Waals surface area (Å²) in [6.07, 6.45) is 3.98. The summed E-state index contributed by atoms with van der Waals surface area (Å²) >= 11 is 1.63. The molecule has 0 radical (unpaired) electrons. The Balaban J connectivity index is 1.68. The average Bonchev–Trinajstić information content (AvgIpc) is 3.08. The van der Waals surface area contributed by atoms with E-state index >= 15 is 0 Å². The summed E-state index contributed by atoms with van der Waals surface area (Å²) in [4.78, 5) is 16.8. The summed E-state index contributed by atoms with van der Waals surface area (Å²) in [6, 6.07) is 8.09. The number of methoxy groups -OCH3 is 1. The van der Waals surface area contributed by atoms with Gasteiger partial charge in [0.05, 0.1) is 20.3 Å². The number of aryl methyl sites for hydroxylation is 1. The molecule has 1 aliphatic rings. The number of imidazole rings is 1. The fourth-order valence-electron chi connectivity index (χ4n) is 3.27. The normalized spacial score (nSPS) is 14.8. The second-order valence-electron chi connectivity index (χ2n) is 6.77. The van der Waals surface area contributed by atoms with Gasteiger partial charge in [-0.2, -0.15) is 0 Å². The van der Waals surface area contributed by atoms with Crippen LogP contribution in [-0.2, 0) is 17.5 Å². The minimum Gasteiger partial charge on any atom is -0.497 e. The number of morpholine rings is 1. The van der Waals surface area contributed by atoms with Crippen molar-refractivity contribution in [2.75, 3.05) is 38.3 Å². The van der Waals surface area contributed by atoms with Crippen molar-refractivity contribution in [1.29, 1.82) is 0 Å². The fraction of sp³-hybridized carbons (Fsp3) is 0.381. The Hall–Kier alpha value is -2.58. The van der Waals surface area contributed by atoms with Crippen LogP contribution in [0.4, 0.5) is 5.82 Å². The third-order valence-corrected chi connectivity index (χ3v) is 5.79. The standard InChI is InChI=1S/C21H25N5O2S/c1-4-5-17-22-18-19(25(17)2)23-21(24-20(18)26-10-12-28-13-11-26)29-14-15-6-8-16(27-3)9-7-15/h4-9H,10-14H2,1-3H3/b5-4-. The minimum absolute atomic E-state index is 0.703. The maximum atomic E-state index is 5.52. The molecule has 2 aromatic heterocycles. The Bertz CT molecular complexity index is 1010. The lowest BCUT2D eigenvalue weighted by Gasteiger charge is -2.28. The first kappa shape index (κ1) is 19.7. The minimum atomic E-state index is 0.703. The van der Waals surface area contributed by atoms with Crippen molar-refractivity contribution in [3.05, 3.63) is 41.7 Å². The van der Waals surface area contributed by atoms with Gasteiger partial charge in [0.2, 0.25) is 0 Å². The van der Waals surface area contributed by atoms with Gasteiger partial charge in [0.1, 0.15) is 11.6 Å². The maximum Gasteiger partial charge on any atom is 0.191 e. The van der Waals surface area contributed by atoms with Crippen LogP contribution in [0.1, 0.15) is 18.3 Å². The molecule has 0 unspecified atom stereocenters. The molecule has 7 nitrogen and oxygen atoms in total. The van der Waals surface area contributed by atoms with Crippen molar-refractivity contribution in [3.8, 4) is 5.75 Å². The zero-order valence-electron chi connectivity index (χ0n) is 17.0. The molecule has 0 spiro atoms. The van der Waals surface area contributed by atoms with Gasteiger partial charge < -0.3 is 18.9 Å². The van der Waals surface area contributed by atoms with Crippen molar-refractivity contribution in [3.63, 3.8) is 0 Å². The van der Waals surface area contributed by atoms with Crippen LogP contribution in [0.2, 0.25) is 0 Å². The molecule has 0 atom stereocenters. The molecule has 1 aliphatic heterocycles. The summed E-state index contributed by atoms with van der Waals surface area (Å²) in [5, 5.41) is 0.754. The Kier molecular flexibility index (Phi) is 6.01. The van der Waals surface area contributed by atoms with E-state index in [9.17, 15) is 0 Å². The quantitative estimate of drug-likeness (QED) is 0.454. The first-order valence-corrected chi connectivity index (χ1v) is 10.6. The molecule has 1 saturated heterocycles. The molecular formula is C21H25N5O2S. The van der Waals surface area contributed by atoms with E-state index in [1.54, 1.807) is 18.9 Å². The van der Waals surface area contributed by atoms with E-state index in [1.807, 2.05) is 42.8 Å². The largest absolute Gasteiger partial charge is 0.497 e. The topological polar surface area (TPSA) is 65.3 Å². The van der Waals surface area contributed by atoms with Gasteiger partial charge in [0, 0.05) is 25.9 Å². The van der Waals surface area contributed by atoms with Crippen LogP contribution >= 0.6 is 11.8 Å². The molecular weight excluding hydrogens is 386 g/mol. The van der Waals surface area contributed by atoms with Crippen LogP contribution < -0.4 is 9.64 Å².